The van der Waals surface area contributed by atoms with E-state index in [9.17, 15) is 18.7 Å². The number of aromatic nitrogens is 3. The van der Waals surface area contributed by atoms with Gasteiger partial charge in [0, 0.05) is 29.3 Å². The monoisotopic (exact) mass is 464 g/mol. The van der Waals surface area contributed by atoms with Crippen molar-refractivity contribution in [2.24, 2.45) is 0 Å². The van der Waals surface area contributed by atoms with Crippen molar-refractivity contribution in [3.05, 3.63) is 69.4 Å². The van der Waals surface area contributed by atoms with Gasteiger partial charge < -0.3 is 5.11 Å². The molecule has 0 radical (unpaired) electrons. The Hall–Kier alpha value is -3.09. The molecule has 2 aromatic heterocycles. The van der Waals surface area contributed by atoms with Gasteiger partial charge in [0.05, 0.1) is 5.69 Å². The van der Waals surface area contributed by atoms with E-state index in [0.717, 1.165) is 11.3 Å². The van der Waals surface area contributed by atoms with Crippen LogP contribution in [0.4, 0.5) is 14.7 Å². The third-order valence-electron chi connectivity index (χ3n) is 4.13. The van der Waals surface area contributed by atoms with E-state index in [4.69, 9.17) is 12.2 Å². The van der Waals surface area contributed by atoms with Crippen molar-refractivity contribution in [2.75, 3.05) is 5.32 Å². The second-order valence-electron chi connectivity index (χ2n) is 6.65. The summed E-state index contributed by atoms with van der Waals surface area (Å²) in [5.41, 5.74) is 3.80. The van der Waals surface area contributed by atoms with Crippen LogP contribution in [0.15, 0.2) is 35.8 Å². The lowest BCUT2D eigenvalue weighted by molar-refractivity contribution is -0.139. The summed E-state index contributed by atoms with van der Waals surface area (Å²) in [7, 11) is 0. The molecule has 0 saturated heterocycles. The second-order valence-corrected chi connectivity index (χ2v) is 7.91. The molecule has 8 nitrogen and oxygen atoms in total. The minimum Gasteiger partial charge on any atom is -0.374 e. The Morgan fingerprint density at radius 2 is 1.94 bits per heavy atom. The molecule has 3 rings (SSSR count). The number of aryl methyl sites for hydroxylation is 1. The van der Waals surface area contributed by atoms with Gasteiger partial charge in [-0.1, -0.05) is 6.07 Å². The van der Waals surface area contributed by atoms with Crippen molar-refractivity contribution in [1.82, 2.24) is 25.8 Å². The van der Waals surface area contributed by atoms with Crippen LogP contribution < -0.4 is 16.2 Å². The number of benzene rings is 1. The van der Waals surface area contributed by atoms with E-state index in [2.05, 4.69) is 31.1 Å². The summed E-state index contributed by atoms with van der Waals surface area (Å²) < 4.78 is 27.7. The number of rotatable bonds is 5. The summed E-state index contributed by atoms with van der Waals surface area (Å²) in [4.78, 5) is 24.6. The van der Waals surface area contributed by atoms with Crippen LogP contribution in [0.1, 0.15) is 28.9 Å². The molecule has 0 aliphatic carbocycles. The highest BCUT2D eigenvalue weighted by molar-refractivity contribution is 7.80. The van der Waals surface area contributed by atoms with Gasteiger partial charge in [0.2, 0.25) is 5.95 Å². The Morgan fingerprint density at radius 3 is 2.58 bits per heavy atom. The van der Waals surface area contributed by atoms with Crippen molar-refractivity contribution in [1.29, 1.82) is 0 Å². The zero-order valence-electron chi connectivity index (χ0n) is 16.4. The van der Waals surface area contributed by atoms with Gasteiger partial charge in [-0.15, -0.1) is 11.3 Å². The summed E-state index contributed by atoms with van der Waals surface area (Å²) >= 11 is 6.24. The fourth-order valence-electron chi connectivity index (χ4n) is 2.48. The highest BCUT2D eigenvalue weighted by Crippen LogP contribution is 2.24. The molecular formula is C19H18F2N6O2S2. The van der Waals surface area contributed by atoms with E-state index >= 15 is 0 Å². The Labute approximate surface area is 185 Å². The minimum absolute atomic E-state index is 0.0586. The number of aliphatic hydroxyl groups is 1. The summed E-state index contributed by atoms with van der Waals surface area (Å²) in [5.74, 6) is -2.05. The molecule has 4 N–H and O–H groups in total. The van der Waals surface area contributed by atoms with E-state index in [0.29, 0.717) is 11.4 Å². The summed E-state index contributed by atoms with van der Waals surface area (Å²) in [6.45, 7) is 3.06. The largest absolute Gasteiger partial charge is 0.374 e. The molecule has 0 saturated carbocycles. The smallest absolute Gasteiger partial charge is 0.277 e. The molecule has 1 atom stereocenters. The SMILES string of the molecule is Cc1csc(C(C)(O)C(=O)NNC(=S)Nc2nccc(Cc3c(F)cccc3F)n2)n1. The highest BCUT2D eigenvalue weighted by Gasteiger charge is 2.35. The van der Waals surface area contributed by atoms with Gasteiger partial charge in [-0.3, -0.25) is 21.0 Å². The van der Waals surface area contributed by atoms with E-state index < -0.39 is 23.1 Å². The van der Waals surface area contributed by atoms with E-state index in [1.807, 2.05) is 0 Å². The van der Waals surface area contributed by atoms with Crippen LogP contribution in [0, 0.1) is 18.6 Å². The quantitative estimate of drug-likeness (QED) is 0.336. The van der Waals surface area contributed by atoms with Crippen LogP contribution in [-0.2, 0) is 16.8 Å². The summed E-state index contributed by atoms with van der Waals surface area (Å²) in [6, 6.07) is 5.14. The first-order chi connectivity index (χ1) is 14.7. The molecule has 2 heterocycles. The first kappa shape index (κ1) is 22.6. The Morgan fingerprint density at radius 1 is 1.23 bits per heavy atom. The zero-order valence-corrected chi connectivity index (χ0v) is 18.1. The molecule has 1 unspecified atom stereocenters. The molecule has 0 spiro atoms. The standard InChI is InChI=1S/C19H18F2N6O2S2/c1-10-9-31-16(23-10)19(2,29)15(28)26-27-18(30)25-17-22-7-6-11(24-17)8-12-13(20)4-3-5-14(12)21/h3-7,9,29H,8H2,1-2H3,(H,26,28)(H2,22,24,25,27,30). The molecule has 0 aliphatic rings. The van der Waals surface area contributed by atoms with Gasteiger partial charge in [0.1, 0.15) is 16.6 Å². The van der Waals surface area contributed by atoms with Crippen LogP contribution in [-0.4, -0.2) is 31.1 Å². The Kier molecular flexibility index (Phi) is 6.83. The number of thiocarbonyl (C=S) groups is 1. The lowest BCUT2D eigenvalue weighted by Gasteiger charge is -2.20. The molecule has 0 bridgehead atoms. The van der Waals surface area contributed by atoms with Gasteiger partial charge >= 0.3 is 0 Å². The average Bonchev–Trinajstić information content (AvgIpc) is 3.16. The predicted octanol–water partition coefficient (Wildman–Crippen LogP) is 2.34. The number of anilines is 1. The molecule has 1 aromatic carbocycles. The number of carbonyl (C=O) groups excluding carboxylic acids is 1. The number of carbonyl (C=O) groups is 1. The van der Waals surface area contributed by atoms with Gasteiger partial charge in [0.15, 0.2) is 10.7 Å². The van der Waals surface area contributed by atoms with Crippen molar-refractivity contribution in [2.45, 2.75) is 25.9 Å². The zero-order chi connectivity index (χ0) is 22.6. The van der Waals surface area contributed by atoms with Gasteiger partial charge in [-0.25, -0.2) is 23.7 Å². The minimum atomic E-state index is -1.86. The predicted molar refractivity (Wildman–Crippen MR) is 115 cm³/mol. The van der Waals surface area contributed by atoms with Crippen LogP contribution in [0.25, 0.3) is 0 Å². The molecule has 3 aromatic rings. The van der Waals surface area contributed by atoms with Gasteiger partial charge in [-0.2, -0.15) is 0 Å². The lowest BCUT2D eigenvalue weighted by atomic mass is 10.1. The normalized spacial score (nSPS) is 12.7. The number of halogens is 2. The summed E-state index contributed by atoms with van der Waals surface area (Å²) in [5, 5.41) is 15.0. The Bertz CT molecular complexity index is 1100. The number of nitrogens with one attached hydrogen (secondary N) is 3. The molecule has 162 valence electrons. The highest BCUT2D eigenvalue weighted by atomic mass is 32.1. The number of nitrogens with zero attached hydrogens (tertiary/aromatic N) is 3. The topological polar surface area (TPSA) is 112 Å². The third-order valence-corrected chi connectivity index (χ3v) is 5.50. The molecule has 0 fully saturated rings. The van der Waals surface area contributed by atoms with Crippen LogP contribution in [0.3, 0.4) is 0 Å². The number of hydrogen-bond donors (Lipinski definition) is 4. The summed E-state index contributed by atoms with van der Waals surface area (Å²) in [6.07, 6.45) is 1.32. The van der Waals surface area contributed by atoms with E-state index in [1.54, 1.807) is 12.3 Å². The van der Waals surface area contributed by atoms with E-state index in [1.165, 1.54) is 37.4 Å². The number of amides is 1. The fourth-order valence-corrected chi connectivity index (χ4v) is 3.48. The lowest BCUT2D eigenvalue weighted by Crippen LogP contribution is -2.51. The number of thiazole rings is 1. The first-order valence-electron chi connectivity index (χ1n) is 8.94. The first-order valence-corrected chi connectivity index (χ1v) is 10.2. The Balaban J connectivity index is 1.59. The van der Waals surface area contributed by atoms with Crippen LogP contribution >= 0.6 is 23.6 Å². The van der Waals surface area contributed by atoms with Gasteiger partial charge in [0.25, 0.3) is 5.91 Å². The van der Waals surface area contributed by atoms with Crippen molar-refractivity contribution < 1.29 is 18.7 Å². The number of hydrazine groups is 1. The molecule has 12 heteroatoms. The maximum Gasteiger partial charge on any atom is 0.277 e. The molecular weight excluding hydrogens is 446 g/mol. The van der Waals surface area contributed by atoms with Crippen LogP contribution in [0.5, 0.6) is 0 Å². The van der Waals surface area contributed by atoms with Crippen molar-refractivity contribution in [3.8, 4) is 0 Å². The van der Waals surface area contributed by atoms with Gasteiger partial charge in [-0.05, 0) is 44.3 Å². The van der Waals surface area contributed by atoms with Crippen molar-refractivity contribution >= 4 is 40.5 Å². The maximum absolute atomic E-state index is 13.8. The molecule has 31 heavy (non-hydrogen) atoms. The second kappa shape index (κ2) is 9.37. The maximum atomic E-state index is 13.8. The molecule has 0 aliphatic heterocycles. The number of hydrogen-bond acceptors (Lipinski definition) is 7. The third kappa shape index (κ3) is 5.54. The van der Waals surface area contributed by atoms with Crippen molar-refractivity contribution in [3.63, 3.8) is 0 Å². The van der Waals surface area contributed by atoms with E-state index in [-0.39, 0.29) is 28.1 Å². The van der Waals surface area contributed by atoms with Crippen LogP contribution in [0.2, 0.25) is 0 Å². The fraction of sp³-hybridized carbons (Fsp3) is 0.211. The molecule has 1 amide bonds. The average molecular weight is 465 g/mol.